The lowest BCUT2D eigenvalue weighted by molar-refractivity contribution is 0.628. The van der Waals surface area contributed by atoms with Crippen molar-refractivity contribution in [3.05, 3.63) is 41.8 Å². The lowest BCUT2D eigenvalue weighted by atomic mass is 10.3. The number of nitrogens with zero attached hydrogens (tertiary/aromatic N) is 3. The monoisotopic (exact) mass is 288 g/mol. The predicted molar refractivity (Wildman–Crippen MR) is 84.6 cm³/mol. The minimum atomic E-state index is -0.284. The minimum Gasteiger partial charge on any atom is -0.360 e. The predicted octanol–water partition coefficient (Wildman–Crippen LogP) is 3.90. The number of nitrogens with one attached hydrogen (secondary N) is 1. The van der Waals surface area contributed by atoms with Crippen LogP contribution in [0.25, 0.3) is 0 Å². The van der Waals surface area contributed by atoms with E-state index in [2.05, 4.69) is 27.1 Å². The molecule has 1 N–H and O–H groups in total. The van der Waals surface area contributed by atoms with Gasteiger partial charge >= 0.3 is 0 Å². The maximum absolute atomic E-state index is 13.2. The summed E-state index contributed by atoms with van der Waals surface area (Å²) >= 11 is 0. The molecule has 2 rings (SSSR count). The van der Waals surface area contributed by atoms with Crippen molar-refractivity contribution in [2.24, 2.45) is 0 Å². The van der Waals surface area contributed by atoms with Gasteiger partial charge in [0.2, 0.25) is 5.95 Å². The van der Waals surface area contributed by atoms with Crippen LogP contribution in [-0.4, -0.2) is 23.6 Å². The summed E-state index contributed by atoms with van der Waals surface area (Å²) in [4.78, 5) is 10.9. The van der Waals surface area contributed by atoms with Gasteiger partial charge in [0, 0.05) is 31.0 Å². The molecule has 0 saturated heterocycles. The largest absolute Gasteiger partial charge is 0.360 e. The molecule has 0 aliphatic carbocycles. The zero-order valence-corrected chi connectivity index (χ0v) is 12.7. The van der Waals surface area contributed by atoms with Gasteiger partial charge in [-0.15, -0.1) is 0 Å². The third-order valence-electron chi connectivity index (χ3n) is 3.16. The van der Waals surface area contributed by atoms with Gasteiger partial charge in [0.25, 0.3) is 0 Å². The first kappa shape index (κ1) is 15.2. The summed E-state index contributed by atoms with van der Waals surface area (Å²) in [5.74, 6) is 1.07. The van der Waals surface area contributed by atoms with Gasteiger partial charge in [0.05, 0.1) is 0 Å². The number of hydrogen-bond donors (Lipinski definition) is 1. The van der Waals surface area contributed by atoms with Gasteiger partial charge in [-0.3, -0.25) is 0 Å². The maximum atomic E-state index is 13.2. The molecular weight excluding hydrogens is 267 g/mol. The molecule has 0 unspecified atom stereocenters. The Morgan fingerprint density at radius 1 is 1.24 bits per heavy atom. The number of anilines is 3. The summed E-state index contributed by atoms with van der Waals surface area (Å²) in [6, 6.07) is 8.22. The van der Waals surface area contributed by atoms with E-state index in [-0.39, 0.29) is 5.82 Å². The van der Waals surface area contributed by atoms with Gasteiger partial charge in [-0.05, 0) is 31.5 Å². The molecular formula is C16H21FN4. The molecule has 0 amide bonds. The first-order valence-corrected chi connectivity index (χ1v) is 7.18. The van der Waals surface area contributed by atoms with Crippen LogP contribution < -0.4 is 10.2 Å². The van der Waals surface area contributed by atoms with Crippen LogP contribution in [0.3, 0.4) is 0 Å². The van der Waals surface area contributed by atoms with E-state index in [0.717, 1.165) is 30.9 Å². The van der Waals surface area contributed by atoms with Crippen molar-refractivity contribution in [2.45, 2.75) is 26.7 Å². The molecule has 0 atom stereocenters. The van der Waals surface area contributed by atoms with E-state index in [4.69, 9.17) is 0 Å². The van der Waals surface area contributed by atoms with Gasteiger partial charge < -0.3 is 10.2 Å². The fourth-order valence-corrected chi connectivity index (χ4v) is 2.01. The van der Waals surface area contributed by atoms with E-state index >= 15 is 0 Å². The molecule has 0 aliphatic heterocycles. The Balaban J connectivity index is 2.18. The molecule has 0 saturated carbocycles. The zero-order valence-electron chi connectivity index (χ0n) is 12.7. The van der Waals surface area contributed by atoms with Crippen LogP contribution in [0.5, 0.6) is 0 Å². The second-order valence-electron chi connectivity index (χ2n) is 5.10. The number of halogens is 1. The summed E-state index contributed by atoms with van der Waals surface area (Å²) in [5.41, 5.74) is 1.52. The molecule has 0 bridgehead atoms. The number of rotatable bonds is 6. The summed E-state index contributed by atoms with van der Waals surface area (Å²) < 4.78 is 13.2. The van der Waals surface area contributed by atoms with Gasteiger partial charge in [-0.1, -0.05) is 19.4 Å². The van der Waals surface area contributed by atoms with E-state index in [0.29, 0.717) is 11.6 Å². The van der Waals surface area contributed by atoms with Gasteiger partial charge in [-0.25, -0.2) is 9.37 Å². The lowest BCUT2D eigenvalue weighted by Gasteiger charge is -2.19. The molecule has 1 heterocycles. The summed E-state index contributed by atoms with van der Waals surface area (Å²) in [5, 5.41) is 3.05. The second kappa shape index (κ2) is 7.02. The summed E-state index contributed by atoms with van der Waals surface area (Å²) in [6.07, 6.45) is 2.26. The molecule has 5 heteroatoms. The standard InChI is InChI=1S/C16H21FN4/c1-4-5-9-21(3)15-10-12(2)18-16(20-15)19-14-8-6-7-13(17)11-14/h6-8,10-11H,4-5,9H2,1-3H3,(H,18,19,20). The second-order valence-corrected chi connectivity index (χ2v) is 5.10. The number of aromatic nitrogens is 2. The first-order chi connectivity index (χ1) is 10.1. The Hall–Kier alpha value is -2.17. The molecule has 0 radical (unpaired) electrons. The molecule has 112 valence electrons. The molecule has 0 spiro atoms. The van der Waals surface area contributed by atoms with Gasteiger partial charge in [0.1, 0.15) is 11.6 Å². The van der Waals surface area contributed by atoms with Crippen molar-refractivity contribution in [1.82, 2.24) is 9.97 Å². The summed E-state index contributed by atoms with van der Waals surface area (Å²) in [6.45, 7) is 5.04. The van der Waals surface area contributed by atoms with Crippen LogP contribution in [0.2, 0.25) is 0 Å². The third kappa shape index (κ3) is 4.41. The third-order valence-corrected chi connectivity index (χ3v) is 3.16. The highest BCUT2D eigenvalue weighted by molar-refractivity contribution is 5.55. The van der Waals surface area contributed by atoms with Gasteiger partial charge in [0.15, 0.2) is 0 Å². The number of hydrogen-bond acceptors (Lipinski definition) is 4. The fraction of sp³-hybridized carbons (Fsp3) is 0.375. The molecule has 0 fully saturated rings. The van der Waals surface area contributed by atoms with Crippen LogP contribution in [0.15, 0.2) is 30.3 Å². The Labute approximate surface area is 125 Å². The highest BCUT2D eigenvalue weighted by Gasteiger charge is 2.07. The number of unbranched alkanes of at least 4 members (excludes halogenated alkanes) is 1. The minimum absolute atomic E-state index is 0.284. The number of benzene rings is 1. The number of aryl methyl sites for hydroxylation is 1. The van der Waals surface area contributed by atoms with Crippen molar-refractivity contribution in [3.63, 3.8) is 0 Å². The Bertz CT molecular complexity index is 601. The quantitative estimate of drug-likeness (QED) is 0.875. The van der Waals surface area contributed by atoms with E-state index in [1.165, 1.54) is 12.1 Å². The topological polar surface area (TPSA) is 41.1 Å². The molecule has 4 nitrogen and oxygen atoms in total. The normalized spacial score (nSPS) is 10.5. The molecule has 2 aromatic rings. The van der Waals surface area contributed by atoms with Crippen LogP contribution in [0, 0.1) is 12.7 Å². The van der Waals surface area contributed by atoms with Crippen LogP contribution in [0.1, 0.15) is 25.5 Å². The Kier molecular flexibility index (Phi) is 5.09. The van der Waals surface area contributed by atoms with Crippen molar-refractivity contribution >= 4 is 17.5 Å². The van der Waals surface area contributed by atoms with Crippen molar-refractivity contribution in [3.8, 4) is 0 Å². The summed E-state index contributed by atoms with van der Waals surface area (Å²) in [7, 11) is 2.02. The van der Waals surface area contributed by atoms with Crippen LogP contribution >= 0.6 is 0 Å². The van der Waals surface area contributed by atoms with Crippen molar-refractivity contribution in [1.29, 1.82) is 0 Å². The molecule has 21 heavy (non-hydrogen) atoms. The average Bonchev–Trinajstić information content (AvgIpc) is 2.44. The van der Waals surface area contributed by atoms with Crippen LogP contribution in [0.4, 0.5) is 21.8 Å². The lowest BCUT2D eigenvalue weighted by Crippen LogP contribution is -2.20. The van der Waals surface area contributed by atoms with Crippen molar-refractivity contribution < 1.29 is 4.39 Å². The van der Waals surface area contributed by atoms with E-state index < -0.39 is 0 Å². The van der Waals surface area contributed by atoms with E-state index in [1.807, 2.05) is 20.0 Å². The molecule has 0 aliphatic rings. The molecule has 1 aromatic heterocycles. The Morgan fingerprint density at radius 3 is 2.76 bits per heavy atom. The SMILES string of the molecule is CCCCN(C)c1cc(C)nc(Nc2cccc(F)c2)n1. The molecule has 1 aromatic carbocycles. The van der Waals surface area contributed by atoms with Crippen LogP contribution in [-0.2, 0) is 0 Å². The fourth-order valence-electron chi connectivity index (χ4n) is 2.01. The average molecular weight is 288 g/mol. The highest BCUT2D eigenvalue weighted by Crippen LogP contribution is 2.18. The maximum Gasteiger partial charge on any atom is 0.229 e. The highest BCUT2D eigenvalue weighted by atomic mass is 19.1. The van der Waals surface area contributed by atoms with Gasteiger partial charge in [-0.2, -0.15) is 4.98 Å². The Morgan fingerprint density at radius 2 is 2.05 bits per heavy atom. The smallest absolute Gasteiger partial charge is 0.229 e. The van der Waals surface area contributed by atoms with E-state index in [9.17, 15) is 4.39 Å². The first-order valence-electron chi connectivity index (χ1n) is 7.18. The van der Waals surface area contributed by atoms with E-state index in [1.54, 1.807) is 12.1 Å². The zero-order chi connectivity index (χ0) is 15.2. The van der Waals surface area contributed by atoms with Crippen molar-refractivity contribution in [2.75, 3.05) is 23.8 Å².